The Morgan fingerprint density at radius 2 is 2.05 bits per heavy atom. The fraction of sp³-hybridized carbons (Fsp3) is 0.481. The molecule has 1 aromatic carbocycles. The summed E-state index contributed by atoms with van der Waals surface area (Å²) in [4.78, 5) is 39.0. The van der Waals surface area contributed by atoms with Crippen LogP contribution in [0, 0.1) is 5.92 Å². The number of halogens is 1. The number of fused-ring (bicyclic) bond motifs is 1. The van der Waals surface area contributed by atoms with E-state index in [1.807, 2.05) is 36.9 Å². The van der Waals surface area contributed by atoms with Gasteiger partial charge in [0.15, 0.2) is 11.5 Å². The minimum atomic E-state index is -1.21. The molecule has 2 aromatic rings. The lowest BCUT2D eigenvalue weighted by molar-refractivity contribution is -0.145. The van der Waals surface area contributed by atoms with Gasteiger partial charge in [0.2, 0.25) is 22.9 Å². The Bertz CT molecular complexity index is 1250. The third kappa shape index (κ3) is 6.20. The van der Waals surface area contributed by atoms with Crippen LogP contribution in [0.15, 0.2) is 54.2 Å². The van der Waals surface area contributed by atoms with Crippen LogP contribution in [0.5, 0.6) is 11.5 Å². The summed E-state index contributed by atoms with van der Waals surface area (Å²) >= 11 is 7.01. The highest BCUT2D eigenvalue weighted by atomic mass is 35.5. The number of carbonyl (C=O) groups excluding carboxylic acids is 2. The molecule has 0 radical (unpaired) electrons. The first-order valence-electron chi connectivity index (χ1n) is 13.2. The van der Waals surface area contributed by atoms with Crippen molar-refractivity contribution < 1.29 is 19.1 Å². The number of benzene rings is 1. The maximum absolute atomic E-state index is 13.5. The SMILES string of the molecule is CC(C)CC(=O)N1CCN(C2(Cl)C=CNC(n3ccnc3)=N2)CC1C(=O)NCCc1ccc2c(c1)OCCO2. The van der Waals surface area contributed by atoms with Crippen LogP contribution >= 0.6 is 11.6 Å². The Hall–Kier alpha value is -3.57. The lowest BCUT2D eigenvalue weighted by Gasteiger charge is -2.45. The zero-order chi connectivity index (χ0) is 27.4. The number of rotatable bonds is 7. The average molecular weight is 556 g/mol. The van der Waals surface area contributed by atoms with E-state index in [0.29, 0.717) is 51.6 Å². The molecule has 0 saturated carbocycles. The molecule has 4 heterocycles. The van der Waals surface area contributed by atoms with Crippen molar-refractivity contribution in [1.29, 1.82) is 0 Å². The molecule has 0 aliphatic carbocycles. The van der Waals surface area contributed by atoms with Gasteiger partial charge >= 0.3 is 0 Å². The van der Waals surface area contributed by atoms with Gasteiger partial charge < -0.3 is 25.0 Å². The van der Waals surface area contributed by atoms with Crippen molar-refractivity contribution >= 4 is 29.4 Å². The number of hydrogen-bond acceptors (Lipinski definition) is 8. The normalized spacial score (nSPS) is 22.8. The minimum Gasteiger partial charge on any atom is -0.486 e. The average Bonchev–Trinajstić information content (AvgIpc) is 3.48. The Labute approximate surface area is 232 Å². The van der Waals surface area contributed by atoms with E-state index in [1.165, 1.54) is 0 Å². The third-order valence-electron chi connectivity index (χ3n) is 6.87. The number of piperazine rings is 1. The molecule has 2 N–H and O–H groups in total. The predicted molar refractivity (Wildman–Crippen MR) is 147 cm³/mol. The Kier molecular flexibility index (Phi) is 8.08. The van der Waals surface area contributed by atoms with Gasteiger partial charge in [-0.15, -0.1) is 0 Å². The van der Waals surface area contributed by atoms with Gasteiger partial charge in [0.25, 0.3) is 0 Å². The van der Waals surface area contributed by atoms with E-state index < -0.39 is 11.2 Å². The molecule has 2 unspecified atom stereocenters. The van der Waals surface area contributed by atoms with Crippen molar-refractivity contribution in [2.24, 2.45) is 10.9 Å². The molecule has 12 heteroatoms. The number of ether oxygens (including phenoxy) is 2. The maximum Gasteiger partial charge on any atom is 0.244 e. The topological polar surface area (TPSA) is 113 Å². The molecular weight excluding hydrogens is 522 g/mol. The molecule has 11 nitrogen and oxygen atoms in total. The van der Waals surface area contributed by atoms with E-state index >= 15 is 0 Å². The standard InChI is InChI=1S/C27H34ClN7O4/c1-19(2)15-24(36)35-12-11-34(27(28)6-8-31-26(32-27)33-10-9-29-18-33)17-21(35)25(37)30-7-5-20-3-4-22-23(16-20)39-14-13-38-22/h3-4,6,8-10,16,18-19,21H,5,7,11-15,17H2,1-2H3,(H,30,37)(H,31,32). The van der Waals surface area contributed by atoms with Crippen LogP contribution < -0.4 is 20.1 Å². The zero-order valence-corrected chi connectivity index (χ0v) is 22.9. The highest BCUT2D eigenvalue weighted by Gasteiger charge is 2.43. The first-order valence-corrected chi connectivity index (χ1v) is 13.6. The van der Waals surface area contributed by atoms with E-state index in [0.717, 1.165) is 17.1 Å². The van der Waals surface area contributed by atoms with Gasteiger partial charge in [0, 0.05) is 51.2 Å². The fourth-order valence-corrected chi connectivity index (χ4v) is 5.18. The highest BCUT2D eigenvalue weighted by Crippen LogP contribution is 2.31. The van der Waals surface area contributed by atoms with Crippen molar-refractivity contribution in [2.45, 2.75) is 37.9 Å². The van der Waals surface area contributed by atoms with Crippen LogP contribution in [0.2, 0.25) is 0 Å². The number of aromatic nitrogens is 2. The first kappa shape index (κ1) is 27.0. The van der Waals surface area contributed by atoms with Crippen molar-refractivity contribution in [3.05, 3.63) is 54.8 Å². The molecule has 0 spiro atoms. The second-order valence-corrected chi connectivity index (χ2v) is 10.7. The van der Waals surface area contributed by atoms with Gasteiger partial charge in [-0.1, -0.05) is 31.5 Å². The number of nitrogens with one attached hydrogen (secondary N) is 2. The van der Waals surface area contributed by atoms with Crippen molar-refractivity contribution in [1.82, 2.24) is 30.0 Å². The number of amides is 2. The monoisotopic (exact) mass is 555 g/mol. The number of aliphatic imine (C=N–C) groups is 1. The number of carbonyl (C=O) groups is 2. The van der Waals surface area contributed by atoms with Crippen LogP contribution in [0.1, 0.15) is 25.8 Å². The fourth-order valence-electron chi connectivity index (χ4n) is 4.88. The van der Waals surface area contributed by atoms with Gasteiger partial charge in [-0.05, 0) is 36.1 Å². The van der Waals surface area contributed by atoms with Gasteiger partial charge in [0.1, 0.15) is 25.6 Å². The van der Waals surface area contributed by atoms with Crippen LogP contribution in [-0.2, 0) is 16.0 Å². The van der Waals surface area contributed by atoms with E-state index in [2.05, 4.69) is 15.6 Å². The number of hydrogen-bond donors (Lipinski definition) is 2. The molecule has 208 valence electrons. The second-order valence-electron chi connectivity index (χ2n) is 10.2. The highest BCUT2D eigenvalue weighted by molar-refractivity contribution is 6.25. The summed E-state index contributed by atoms with van der Waals surface area (Å²) in [7, 11) is 0. The van der Waals surface area contributed by atoms with Gasteiger partial charge in [0.05, 0.1) is 0 Å². The summed E-state index contributed by atoms with van der Waals surface area (Å²) in [5.41, 5.74) is 1.03. The molecule has 1 fully saturated rings. The minimum absolute atomic E-state index is 0.0382. The molecule has 2 amide bonds. The first-order chi connectivity index (χ1) is 18.8. The number of alkyl halides is 1. The summed E-state index contributed by atoms with van der Waals surface area (Å²) in [6.45, 7) is 6.56. The Balaban J connectivity index is 1.28. The molecular formula is C27H34ClN7O4. The molecule has 5 rings (SSSR count). The van der Waals surface area contributed by atoms with E-state index in [9.17, 15) is 9.59 Å². The Morgan fingerprint density at radius 1 is 1.23 bits per heavy atom. The van der Waals surface area contributed by atoms with E-state index in [1.54, 1.807) is 40.5 Å². The molecule has 3 aliphatic heterocycles. The largest absolute Gasteiger partial charge is 0.486 e. The van der Waals surface area contributed by atoms with Crippen LogP contribution in [-0.4, -0.2) is 87.7 Å². The van der Waals surface area contributed by atoms with Crippen LogP contribution in [0.3, 0.4) is 0 Å². The quantitative estimate of drug-likeness (QED) is 0.395. The molecule has 1 saturated heterocycles. The maximum atomic E-state index is 13.5. The van der Waals surface area contributed by atoms with Crippen molar-refractivity contribution in [3.8, 4) is 11.5 Å². The Morgan fingerprint density at radius 3 is 2.82 bits per heavy atom. The summed E-state index contributed by atoms with van der Waals surface area (Å²) in [5, 5.41) is 4.91. The lowest BCUT2D eigenvalue weighted by Crippen LogP contribution is -2.64. The third-order valence-corrected chi connectivity index (χ3v) is 7.32. The molecule has 0 bridgehead atoms. The van der Waals surface area contributed by atoms with Gasteiger partial charge in [-0.2, -0.15) is 0 Å². The van der Waals surface area contributed by atoms with E-state index in [-0.39, 0.29) is 24.3 Å². The number of imidazole rings is 1. The summed E-state index contributed by atoms with van der Waals surface area (Å²) in [6.07, 6.45) is 9.52. The summed E-state index contributed by atoms with van der Waals surface area (Å²) < 4.78 is 13.0. The zero-order valence-electron chi connectivity index (χ0n) is 22.2. The van der Waals surface area contributed by atoms with Gasteiger partial charge in [-0.25, -0.2) is 9.98 Å². The predicted octanol–water partition coefficient (Wildman–Crippen LogP) is 1.79. The molecule has 1 aromatic heterocycles. The van der Waals surface area contributed by atoms with Crippen LogP contribution in [0.4, 0.5) is 0 Å². The molecule has 3 aliphatic rings. The molecule has 39 heavy (non-hydrogen) atoms. The van der Waals surface area contributed by atoms with Crippen molar-refractivity contribution in [2.75, 3.05) is 39.4 Å². The van der Waals surface area contributed by atoms with E-state index in [4.69, 9.17) is 26.1 Å². The van der Waals surface area contributed by atoms with Crippen LogP contribution in [0.25, 0.3) is 0 Å². The van der Waals surface area contributed by atoms with Gasteiger partial charge in [-0.3, -0.25) is 19.1 Å². The second kappa shape index (κ2) is 11.7. The molecule has 2 atom stereocenters. The summed E-state index contributed by atoms with van der Waals surface area (Å²) in [5.74, 6) is 1.90. The number of nitrogens with zero attached hydrogens (tertiary/aromatic N) is 5. The van der Waals surface area contributed by atoms with Crippen molar-refractivity contribution in [3.63, 3.8) is 0 Å². The lowest BCUT2D eigenvalue weighted by atomic mass is 10.1. The smallest absolute Gasteiger partial charge is 0.244 e. The summed E-state index contributed by atoms with van der Waals surface area (Å²) in [6, 6.07) is 5.10.